The van der Waals surface area contributed by atoms with Crippen LogP contribution in [0.4, 0.5) is 0 Å². The third kappa shape index (κ3) is 6.81. The van der Waals surface area contributed by atoms with Crippen LogP contribution in [0, 0.1) is 6.92 Å². The molecule has 0 radical (unpaired) electrons. The van der Waals surface area contributed by atoms with Gasteiger partial charge in [0.05, 0.1) is 6.42 Å². The van der Waals surface area contributed by atoms with Crippen LogP contribution < -0.4 is 5.32 Å². The number of hydrogen-bond acceptors (Lipinski definition) is 2. The lowest BCUT2D eigenvalue weighted by molar-refractivity contribution is -0.140. The van der Waals surface area contributed by atoms with E-state index in [1.54, 1.807) is 4.90 Å². The van der Waals surface area contributed by atoms with E-state index < -0.39 is 6.04 Å². The zero-order valence-electron chi connectivity index (χ0n) is 19.0. The zero-order valence-corrected chi connectivity index (χ0v) is 19.0. The lowest BCUT2D eigenvalue weighted by Crippen LogP contribution is -2.51. The highest BCUT2D eigenvalue weighted by atomic mass is 16.2. The van der Waals surface area contributed by atoms with E-state index in [-0.39, 0.29) is 18.2 Å². The summed E-state index contributed by atoms with van der Waals surface area (Å²) in [7, 11) is 0. The van der Waals surface area contributed by atoms with Crippen LogP contribution in [0.2, 0.25) is 0 Å². The Morgan fingerprint density at radius 1 is 0.844 bits per heavy atom. The fourth-order valence-corrected chi connectivity index (χ4v) is 3.80. The lowest BCUT2D eigenvalue weighted by atomic mass is 10.0. The van der Waals surface area contributed by atoms with Crippen molar-refractivity contribution < 1.29 is 9.59 Å². The quantitative estimate of drug-likeness (QED) is 0.509. The summed E-state index contributed by atoms with van der Waals surface area (Å²) in [4.78, 5) is 28.6. The number of carbonyl (C=O) groups is 2. The molecule has 4 heteroatoms. The van der Waals surface area contributed by atoms with E-state index in [1.165, 1.54) is 0 Å². The van der Waals surface area contributed by atoms with Crippen LogP contribution in [-0.2, 0) is 29.0 Å². The van der Waals surface area contributed by atoms with E-state index in [0.717, 1.165) is 28.7 Å². The first-order valence-electron chi connectivity index (χ1n) is 11.3. The van der Waals surface area contributed by atoms with Gasteiger partial charge >= 0.3 is 0 Å². The summed E-state index contributed by atoms with van der Waals surface area (Å²) < 4.78 is 0. The molecule has 32 heavy (non-hydrogen) atoms. The zero-order chi connectivity index (χ0) is 22.8. The molecular formula is C28H32N2O2. The number of benzene rings is 3. The van der Waals surface area contributed by atoms with Crippen molar-refractivity contribution in [2.75, 3.05) is 6.54 Å². The maximum absolute atomic E-state index is 13.6. The molecule has 0 fully saturated rings. The highest BCUT2D eigenvalue weighted by molar-refractivity contribution is 5.88. The van der Waals surface area contributed by atoms with Gasteiger partial charge in [-0.15, -0.1) is 0 Å². The van der Waals surface area contributed by atoms with Gasteiger partial charge in [-0.2, -0.15) is 0 Å². The first kappa shape index (κ1) is 23.3. The molecule has 0 aliphatic rings. The van der Waals surface area contributed by atoms with Crippen molar-refractivity contribution in [3.63, 3.8) is 0 Å². The number of amides is 2. The van der Waals surface area contributed by atoms with E-state index in [0.29, 0.717) is 19.5 Å². The Balaban J connectivity index is 1.93. The minimum absolute atomic E-state index is 0.0490. The molecule has 0 aliphatic heterocycles. The van der Waals surface area contributed by atoms with Gasteiger partial charge in [-0.1, -0.05) is 97.4 Å². The van der Waals surface area contributed by atoms with E-state index in [1.807, 2.05) is 98.8 Å². The maximum atomic E-state index is 13.6. The van der Waals surface area contributed by atoms with Crippen LogP contribution in [0.3, 0.4) is 0 Å². The summed E-state index contributed by atoms with van der Waals surface area (Å²) in [5, 5.41) is 3.01. The van der Waals surface area contributed by atoms with Crippen molar-refractivity contribution in [2.45, 2.75) is 45.7 Å². The van der Waals surface area contributed by atoms with Gasteiger partial charge in [0.1, 0.15) is 6.04 Å². The molecule has 3 aromatic rings. The van der Waals surface area contributed by atoms with Gasteiger partial charge in [0.15, 0.2) is 0 Å². The average molecular weight is 429 g/mol. The number of rotatable bonds is 10. The Labute approximate surface area is 191 Å². The summed E-state index contributed by atoms with van der Waals surface area (Å²) in [6, 6.07) is 27.2. The molecule has 0 saturated heterocycles. The second-order valence-electron chi connectivity index (χ2n) is 8.17. The van der Waals surface area contributed by atoms with E-state index >= 15 is 0 Å². The topological polar surface area (TPSA) is 49.4 Å². The second-order valence-corrected chi connectivity index (χ2v) is 8.17. The molecule has 2 amide bonds. The first-order chi connectivity index (χ1) is 15.6. The van der Waals surface area contributed by atoms with Crippen molar-refractivity contribution in [3.8, 4) is 0 Å². The van der Waals surface area contributed by atoms with Crippen molar-refractivity contribution in [1.29, 1.82) is 0 Å². The van der Waals surface area contributed by atoms with Gasteiger partial charge in [0.25, 0.3) is 0 Å². The SMILES string of the molecule is CCCNC(=O)C(Cc1ccccc1)N(Cc1ccccc1)C(=O)Cc1cccc(C)c1. The predicted octanol–water partition coefficient (Wildman–Crippen LogP) is 4.70. The fraction of sp³-hybridized carbons (Fsp3) is 0.286. The van der Waals surface area contributed by atoms with Crippen LogP contribution in [0.25, 0.3) is 0 Å². The summed E-state index contributed by atoms with van der Waals surface area (Å²) in [6.07, 6.45) is 1.59. The molecule has 0 spiro atoms. The summed E-state index contributed by atoms with van der Waals surface area (Å²) in [5.74, 6) is -0.156. The Hall–Kier alpha value is -3.40. The maximum Gasteiger partial charge on any atom is 0.243 e. The van der Waals surface area contributed by atoms with Crippen LogP contribution in [0.15, 0.2) is 84.9 Å². The van der Waals surface area contributed by atoms with Crippen molar-refractivity contribution >= 4 is 11.8 Å². The van der Waals surface area contributed by atoms with Crippen LogP contribution >= 0.6 is 0 Å². The molecule has 1 unspecified atom stereocenters. The summed E-state index contributed by atoms with van der Waals surface area (Å²) in [6.45, 7) is 5.03. The normalized spacial score (nSPS) is 11.6. The lowest BCUT2D eigenvalue weighted by Gasteiger charge is -2.31. The number of nitrogens with zero attached hydrogens (tertiary/aromatic N) is 1. The number of hydrogen-bond donors (Lipinski definition) is 1. The van der Waals surface area contributed by atoms with Crippen molar-refractivity contribution in [3.05, 3.63) is 107 Å². The molecule has 0 aromatic heterocycles. The molecule has 4 nitrogen and oxygen atoms in total. The molecule has 166 valence electrons. The Morgan fingerprint density at radius 3 is 2.09 bits per heavy atom. The van der Waals surface area contributed by atoms with E-state index in [4.69, 9.17) is 0 Å². The average Bonchev–Trinajstić information content (AvgIpc) is 2.81. The van der Waals surface area contributed by atoms with Gasteiger partial charge in [-0.05, 0) is 30.0 Å². The molecule has 0 saturated carbocycles. The molecule has 1 atom stereocenters. The van der Waals surface area contributed by atoms with Crippen LogP contribution in [0.5, 0.6) is 0 Å². The van der Waals surface area contributed by atoms with Gasteiger partial charge in [0.2, 0.25) is 11.8 Å². The highest BCUT2D eigenvalue weighted by Gasteiger charge is 2.30. The Morgan fingerprint density at radius 2 is 1.47 bits per heavy atom. The smallest absolute Gasteiger partial charge is 0.243 e. The van der Waals surface area contributed by atoms with Crippen molar-refractivity contribution in [2.24, 2.45) is 0 Å². The minimum atomic E-state index is -0.582. The highest BCUT2D eigenvalue weighted by Crippen LogP contribution is 2.17. The third-order valence-corrected chi connectivity index (χ3v) is 5.45. The van der Waals surface area contributed by atoms with E-state index in [9.17, 15) is 9.59 Å². The molecular weight excluding hydrogens is 396 g/mol. The minimum Gasteiger partial charge on any atom is -0.354 e. The molecule has 3 aromatic carbocycles. The van der Waals surface area contributed by atoms with Crippen LogP contribution in [0.1, 0.15) is 35.6 Å². The number of carbonyl (C=O) groups excluding carboxylic acids is 2. The molecule has 0 aliphatic carbocycles. The molecule has 0 heterocycles. The van der Waals surface area contributed by atoms with Gasteiger partial charge < -0.3 is 10.2 Å². The second kappa shape index (κ2) is 11.8. The largest absolute Gasteiger partial charge is 0.354 e. The third-order valence-electron chi connectivity index (χ3n) is 5.45. The predicted molar refractivity (Wildman–Crippen MR) is 129 cm³/mol. The first-order valence-corrected chi connectivity index (χ1v) is 11.3. The van der Waals surface area contributed by atoms with E-state index in [2.05, 4.69) is 5.32 Å². The standard InChI is InChI=1S/C28H32N2O2/c1-3-17-29-28(32)26(19-23-12-6-4-7-13-23)30(21-24-14-8-5-9-15-24)27(31)20-25-16-10-11-22(2)18-25/h4-16,18,26H,3,17,19-21H2,1-2H3,(H,29,32). The molecule has 1 N–H and O–H groups in total. The van der Waals surface area contributed by atoms with Gasteiger partial charge in [0, 0.05) is 19.5 Å². The number of aryl methyl sites for hydroxylation is 1. The van der Waals surface area contributed by atoms with Gasteiger partial charge in [-0.3, -0.25) is 9.59 Å². The number of nitrogens with one attached hydrogen (secondary N) is 1. The molecule has 0 bridgehead atoms. The summed E-state index contributed by atoms with van der Waals surface area (Å²) >= 11 is 0. The monoisotopic (exact) mass is 428 g/mol. The van der Waals surface area contributed by atoms with Crippen molar-refractivity contribution in [1.82, 2.24) is 10.2 Å². The molecule has 3 rings (SSSR count). The summed E-state index contributed by atoms with van der Waals surface area (Å²) in [5.41, 5.74) is 4.11. The Kier molecular flexibility index (Phi) is 8.61. The Bertz CT molecular complexity index is 1000. The fourth-order valence-electron chi connectivity index (χ4n) is 3.80. The van der Waals surface area contributed by atoms with Gasteiger partial charge in [-0.25, -0.2) is 0 Å². The van der Waals surface area contributed by atoms with Crippen LogP contribution in [-0.4, -0.2) is 29.3 Å².